The third-order valence-electron chi connectivity index (χ3n) is 4.85. The fraction of sp³-hybridized carbons (Fsp3) is 0.409. The molecular weight excluding hydrogens is 406 g/mol. The van der Waals surface area contributed by atoms with Crippen LogP contribution < -0.4 is 15.0 Å². The Morgan fingerprint density at radius 3 is 2.10 bits per heavy atom. The largest absolute Gasteiger partial charge is 0.494 e. The molecule has 0 radical (unpaired) electrons. The zero-order valence-electron chi connectivity index (χ0n) is 17.6. The maximum atomic E-state index is 13.3. The van der Waals surface area contributed by atoms with Crippen LogP contribution in [0.1, 0.15) is 39.2 Å². The first kappa shape index (κ1) is 23.7. The van der Waals surface area contributed by atoms with Gasteiger partial charge in [0, 0.05) is 6.42 Å². The summed E-state index contributed by atoms with van der Waals surface area (Å²) in [4.78, 5) is 12.4. The molecule has 0 bridgehead atoms. The van der Waals surface area contributed by atoms with Gasteiger partial charge in [0.2, 0.25) is 0 Å². The van der Waals surface area contributed by atoms with Gasteiger partial charge >= 0.3 is 0 Å². The Bertz CT molecular complexity index is 925. The molecule has 0 spiro atoms. The fourth-order valence-corrected chi connectivity index (χ4v) is 4.65. The van der Waals surface area contributed by atoms with Crippen LogP contribution in [0, 0.1) is 0 Å². The van der Waals surface area contributed by atoms with Crippen molar-refractivity contribution in [2.45, 2.75) is 49.7 Å². The lowest BCUT2D eigenvalue weighted by molar-refractivity contribution is -0.131. The molecule has 1 atom stereocenters. The van der Waals surface area contributed by atoms with E-state index in [2.05, 4.69) is 6.92 Å². The number of amides is 1. The summed E-state index contributed by atoms with van der Waals surface area (Å²) in [6.45, 7) is 6.26. The molecule has 0 aliphatic heterocycles. The summed E-state index contributed by atoms with van der Waals surface area (Å²) in [5, 5.41) is 9.23. The summed E-state index contributed by atoms with van der Waals surface area (Å²) in [6, 6.07) is 12.8. The van der Waals surface area contributed by atoms with Crippen LogP contribution in [0.25, 0.3) is 0 Å². The molecule has 2 rings (SSSR count). The summed E-state index contributed by atoms with van der Waals surface area (Å²) in [5.41, 5.74) is 2.14. The first-order valence-electron chi connectivity index (χ1n) is 9.92. The zero-order valence-corrected chi connectivity index (χ0v) is 18.4. The Labute approximate surface area is 177 Å². The Hall–Kier alpha value is -2.58. The number of nitrogens with one attached hydrogen (secondary N) is 1. The molecule has 0 aliphatic carbocycles. The van der Waals surface area contributed by atoms with Gasteiger partial charge in [-0.3, -0.25) is 10.0 Å². The summed E-state index contributed by atoms with van der Waals surface area (Å²) in [5.74, 6) is 0.206. The van der Waals surface area contributed by atoms with Crippen molar-refractivity contribution in [3.8, 4) is 11.5 Å². The van der Waals surface area contributed by atoms with E-state index in [-0.39, 0.29) is 11.3 Å². The van der Waals surface area contributed by atoms with Crippen molar-refractivity contribution in [3.05, 3.63) is 54.1 Å². The minimum Gasteiger partial charge on any atom is -0.494 e. The lowest BCUT2D eigenvalue weighted by Crippen LogP contribution is -2.51. The van der Waals surface area contributed by atoms with Crippen molar-refractivity contribution in [2.75, 3.05) is 13.2 Å². The van der Waals surface area contributed by atoms with Gasteiger partial charge in [-0.1, -0.05) is 25.5 Å². The number of benzene rings is 2. The number of carbonyl (C=O) groups excluding carboxylic acids is 1. The highest BCUT2D eigenvalue weighted by molar-refractivity contribution is 7.93. The molecular formula is C22H29NO6S. The molecule has 164 valence electrons. The summed E-state index contributed by atoms with van der Waals surface area (Å²) < 4.78 is 35.7. The molecule has 0 saturated carbocycles. The summed E-state index contributed by atoms with van der Waals surface area (Å²) >= 11 is 0. The molecule has 0 heterocycles. The molecule has 2 aromatic carbocycles. The van der Waals surface area contributed by atoms with Crippen molar-refractivity contribution in [2.24, 2.45) is 0 Å². The average molecular weight is 436 g/mol. The fourth-order valence-electron chi connectivity index (χ4n) is 2.98. The van der Waals surface area contributed by atoms with Gasteiger partial charge in [0.1, 0.15) is 11.5 Å². The van der Waals surface area contributed by atoms with Gasteiger partial charge < -0.3 is 9.47 Å². The minimum atomic E-state index is -4.13. The average Bonchev–Trinajstić information content (AvgIpc) is 2.75. The summed E-state index contributed by atoms with van der Waals surface area (Å²) in [6.07, 6.45) is 1.84. The number of hydrogen-bond donors (Lipinski definition) is 2. The number of unbranched alkanes of at least 4 members (excludes halogenated alkanes) is 1. The van der Waals surface area contributed by atoms with Crippen LogP contribution in [0.2, 0.25) is 0 Å². The van der Waals surface area contributed by atoms with E-state index in [9.17, 15) is 18.4 Å². The Balaban J connectivity index is 2.31. The first-order chi connectivity index (χ1) is 14.3. The molecule has 2 aromatic rings. The third kappa shape index (κ3) is 5.31. The second kappa shape index (κ2) is 10.4. The van der Waals surface area contributed by atoms with E-state index in [0.29, 0.717) is 30.3 Å². The van der Waals surface area contributed by atoms with Crippen LogP contribution >= 0.6 is 0 Å². The lowest BCUT2D eigenvalue weighted by atomic mass is 9.99. The molecule has 0 aliphatic rings. The Morgan fingerprint density at radius 1 is 1.00 bits per heavy atom. The van der Waals surface area contributed by atoms with Crippen LogP contribution in [-0.4, -0.2) is 37.5 Å². The number of ether oxygens (including phenoxy) is 2. The smallest absolute Gasteiger partial charge is 0.265 e. The molecule has 30 heavy (non-hydrogen) atoms. The van der Waals surface area contributed by atoms with E-state index < -0.39 is 20.5 Å². The maximum absolute atomic E-state index is 13.3. The predicted molar refractivity (Wildman–Crippen MR) is 114 cm³/mol. The molecule has 1 amide bonds. The van der Waals surface area contributed by atoms with E-state index in [4.69, 9.17) is 9.47 Å². The molecule has 1 unspecified atom stereocenters. The quantitative estimate of drug-likeness (QED) is 0.318. The van der Waals surface area contributed by atoms with Crippen LogP contribution in [0.4, 0.5) is 0 Å². The van der Waals surface area contributed by atoms with E-state index in [1.165, 1.54) is 36.7 Å². The molecule has 2 N–H and O–H groups in total. The highest BCUT2D eigenvalue weighted by Crippen LogP contribution is 2.31. The molecule has 0 saturated heterocycles. The van der Waals surface area contributed by atoms with E-state index in [1.807, 2.05) is 6.92 Å². The minimum absolute atomic E-state index is 0.0310. The number of hydroxylamine groups is 1. The number of sulfone groups is 1. The van der Waals surface area contributed by atoms with Gasteiger partial charge in [0.25, 0.3) is 5.91 Å². The predicted octanol–water partition coefficient (Wildman–Crippen LogP) is 3.54. The van der Waals surface area contributed by atoms with Gasteiger partial charge in [-0.25, -0.2) is 13.9 Å². The second-order valence-electron chi connectivity index (χ2n) is 7.10. The van der Waals surface area contributed by atoms with Gasteiger partial charge in [-0.2, -0.15) is 0 Å². The van der Waals surface area contributed by atoms with Gasteiger partial charge in [-0.05, 0) is 62.2 Å². The van der Waals surface area contributed by atoms with Crippen molar-refractivity contribution in [3.63, 3.8) is 0 Å². The number of rotatable bonds is 11. The third-order valence-corrected chi connectivity index (χ3v) is 7.26. The van der Waals surface area contributed by atoms with E-state index in [1.54, 1.807) is 24.3 Å². The molecule has 8 heteroatoms. The van der Waals surface area contributed by atoms with Crippen LogP contribution in [0.5, 0.6) is 11.5 Å². The zero-order chi connectivity index (χ0) is 22.2. The van der Waals surface area contributed by atoms with Crippen molar-refractivity contribution in [1.82, 2.24) is 5.48 Å². The van der Waals surface area contributed by atoms with E-state index >= 15 is 0 Å². The monoisotopic (exact) mass is 435 g/mol. The molecule has 0 fully saturated rings. The highest BCUT2D eigenvalue weighted by Gasteiger charge is 2.47. The topological polar surface area (TPSA) is 102 Å². The van der Waals surface area contributed by atoms with Crippen molar-refractivity contribution < 1.29 is 27.9 Å². The van der Waals surface area contributed by atoms with Crippen LogP contribution in [0.15, 0.2) is 53.4 Å². The highest BCUT2D eigenvalue weighted by atomic mass is 32.2. The van der Waals surface area contributed by atoms with Gasteiger partial charge in [-0.15, -0.1) is 0 Å². The summed E-state index contributed by atoms with van der Waals surface area (Å²) in [7, 11) is -4.13. The normalized spacial score (nSPS) is 13.3. The number of carbonyl (C=O) groups is 1. The van der Waals surface area contributed by atoms with E-state index in [0.717, 1.165) is 12.8 Å². The molecule has 7 nitrogen and oxygen atoms in total. The van der Waals surface area contributed by atoms with Crippen LogP contribution in [-0.2, 0) is 21.1 Å². The second-order valence-corrected chi connectivity index (χ2v) is 9.48. The standard InChI is InChI=1S/C22H29NO6S/c1-4-6-15-29-19-9-7-17(8-10-19)16-22(3,21(24)23-25)30(26,27)20-13-11-18(12-14-20)28-5-2/h7-14,25H,4-6,15-16H2,1-3H3,(H,23,24). The SMILES string of the molecule is CCCCOc1ccc(CC(C)(C(=O)NO)S(=O)(=O)c2ccc(OCC)cc2)cc1. The van der Waals surface area contributed by atoms with Crippen molar-refractivity contribution >= 4 is 15.7 Å². The van der Waals surface area contributed by atoms with Gasteiger partial charge in [0.15, 0.2) is 14.6 Å². The number of hydrogen-bond acceptors (Lipinski definition) is 6. The lowest BCUT2D eigenvalue weighted by Gasteiger charge is -2.27. The Morgan fingerprint density at radius 2 is 1.57 bits per heavy atom. The molecule has 0 aromatic heterocycles. The Kier molecular flexibility index (Phi) is 8.25. The van der Waals surface area contributed by atoms with Crippen LogP contribution in [0.3, 0.4) is 0 Å². The first-order valence-corrected chi connectivity index (χ1v) is 11.4. The van der Waals surface area contributed by atoms with Crippen molar-refractivity contribution in [1.29, 1.82) is 0 Å². The maximum Gasteiger partial charge on any atom is 0.265 e. The van der Waals surface area contributed by atoms with Gasteiger partial charge in [0.05, 0.1) is 18.1 Å².